The number of aromatic amines is 1. The number of esters is 1. The molecule has 0 saturated heterocycles. The third kappa shape index (κ3) is 2.61. The van der Waals surface area contributed by atoms with Crippen molar-refractivity contribution in [3.05, 3.63) is 28.3 Å². The van der Waals surface area contributed by atoms with E-state index in [1.54, 1.807) is 6.92 Å². The first-order chi connectivity index (χ1) is 8.06. The summed E-state index contributed by atoms with van der Waals surface area (Å²) in [5.41, 5.74) is -1.18. The summed E-state index contributed by atoms with van der Waals surface area (Å²) in [5.74, 6) is -0.820. The van der Waals surface area contributed by atoms with Gasteiger partial charge in [-0.3, -0.25) is 10.1 Å². The van der Waals surface area contributed by atoms with Gasteiger partial charge in [-0.2, -0.15) is 0 Å². The van der Waals surface area contributed by atoms with E-state index in [1.807, 2.05) is 0 Å². The van der Waals surface area contributed by atoms with Crippen LogP contribution >= 0.6 is 0 Å². The quantitative estimate of drug-likeness (QED) is 0.454. The fourth-order valence-corrected chi connectivity index (χ4v) is 1.79. The Labute approximate surface area is 98.3 Å². The number of carbonyl (C=O) groups is 1. The molecule has 0 aliphatic heterocycles. The SMILES string of the molecule is CCCC(Cc1cnc[nH]1)(C(=O)OC)[N+](=O)[O-]. The molecule has 7 nitrogen and oxygen atoms in total. The number of ether oxygens (including phenoxy) is 1. The number of methoxy groups -OCH3 is 1. The molecule has 1 rings (SSSR count). The molecule has 1 aromatic rings. The third-order valence-corrected chi connectivity index (χ3v) is 2.62. The van der Waals surface area contributed by atoms with Crippen LogP contribution in [0.3, 0.4) is 0 Å². The molecule has 1 unspecified atom stereocenters. The minimum atomic E-state index is -1.73. The van der Waals surface area contributed by atoms with E-state index in [9.17, 15) is 14.9 Å². The maximum Gasteiger partial charge on any atom is 0.384 e. The van der Waals surface area contributed by atoms with Gasteiger partial charge in [0.25, 0.3) is 0 Å². The lowest BCUT2D eigenvalue weighted by atomic mass is 9.89. The predicted octanol–water partition coefficient (Wildman–Crippen LogP) is 0.941. The van der Waals surface area contributed by atoms with Crippen LogP contribution in [0.1, 0.15) is 25.5 Å². The fourth-order valence-electron chi connectivity index (χ4n) is 1.79. The minimum absolute atomic E-state index is 0.0412. The number of H-pyrrole nitrogens is 1. The van der Waals surface area contributed by atoms with Crippen LogP contribution in [0.4, 0.5) is 0 Å². The molecule has 1 heterocycles. The zero-order valence-electron chi connectivity index (χ0n) is 9.80. The van der Waals surface area contributed by atoms with Crippen LogP contribution in [0.15, 0.2) is 12.5 Å². The normalized spacial score (nSPS) is 14.0. The second-order valence-electron chi connectivity index (χ2n) is 3.78. The lowest BCUT2D eigenvalue weighted by Crippen LogP contribution is -2.49. The molecule has 1 aromatic heterocycles. The van der Waals surface area contributed by atoms with Gasteiger partial charge in [0, 0.05) is 23.2 Å². The van der Waals surface area contributed by atoms with Gasteiger partial charge in [-0.15, -0.1) is 0 Å². The van der Waals surface area contributed by atoms with Crippen molar-refractivity contribution in [2.45, 2.75) is 31.7 Å². The zero-order valence-corrected chi connectivity index (χ0v) is 9.80. The Hall–Kier alpha value is -1.92. The Morgan fingerprint density at radius 2 is 2.41 bits per heavy atom. The lowest BCUT2D eigenvalue weighted by molar-refractivity contribution is -0.556. The molecule has 0 saturated carbocycles. The molecule has 1 atom stereocenters. The molecule has 17 heavy (non-hydrogen) atoms. The van der Waals surface area contributed by atoms with Crippen molar-refractivity contribution in [1.82, 2.24) is 9.97 Å². The Balaban J connectivity index is 3.05. The lowest BCUT2D eigenvalue weighted by Gasteiger charge is -2.21. The first-order valence-electron chi connectivity index (χ1n) is 5.27. The average Bonchev–Trinajstić information content (AvgIpc) is 2.79. The summed E-state index contributed by atoms with van der Waals surface area (Å²) in [6.45, 7) is 1.79. The minimum Gasteiger partial charge on any atom is -0.464 e. The van der Waals surface area contributed by atoms with Crippen molar-refractivity contribution in [3.8, 4) is 0 Å². The molecule has 0 fully saturated rings. The molecular weight excluding hydrogens is 226 g/mol. The smallest absolute Gasteiger partial charge is 0.384 e. The summed E-state index contributed by atoms with van der Waals surface area (Å²) < 4.78 is 4.56. The molecule has 1 N–H and O–H groups in total. The highest BCUT2D eigenvalue weighted by Crippen LogP contribution is 2.23. The van der Waals surface area contributed by atoms with Crippen LogP contribution in [0.25, 0.3) is 0 Å². The summed E-state index contributed by atoms with van der Waals surface area (Å²) in [6.07, 6.45) is 3.50. The van der Waals surface area contributed by atoms with Crippen LogP contribution in [0.5, 0.6) is 0 Å². The monoisotopic (exact) mass is 241 g/mol. The largest absolute Gasteiger partial charge is 0.464 e. The Bertz CT molecular complexity index is 390. The van der Waals surface area contributed by atoms with Crippen LogP contribution in [-0.4, -0.2) is 33.5 Å². The van der Waals surface area contributed by atoms with Crippen LogP contribution < -0.4 is 0 Å². The summed E-state index contributed by atoms with van der Waals surface area (Å²) in [4.78, 5) is 28.9. The van der Waals surface area contributed by atoms with Crippen molar-refractivity contribution < 1.29 is 14.5 Å². The number of hydrogen-bond acceptors (Lipinski definition) is 5. The summed E-state index contributed by atoms with van der Waals surface area (Å²) in [7, 11) is 1.16. The second kappa shape index (κ2) is 5.42. The Morgan fingerprint density at radius 1 is 1.71 bits per heavy atom. The zero-order chi connectivity index (χ0) is 12.9. The van der Waals surface area contributed by atoms with Crippen LogP contribution in [0.2, 0.25) is 0 Å². The molecule has 0 bridgehead atoms. The first kappa shape index (κ1) is 13.1. The van der Waals surface area contributed by atoms with E-state index in [4.69, 9.17) is 0 Å². The maximum absolute atomic E-state index is 11.7. The van der Waals surface area contributed by atoms with Crippen molar-refractivity contribution >= 4 is 5.97 Å². The van der Waals surface area contributed by atoms with Crippen molar-refractivity contribution in [3.63, 3.8) is 0 Å². The van der Waals surface area contributed by atoms with Crippen molar-refractivity contribution in [2.24, 2.45) is 0 Å². The molecule has 94 valence electrons. The number of imidazole rings is 1. The van der Waals surface area contributed by atoms with Crippen LogP contribution in [0, 0.1) is 10.1 Å². The highest BCUT2D eigenvalue weighted by Gasteiger charge is 2.51. The molecule has 0 aromatic carbocycles. The van der Waals surface area contributed by atoms with E-state index in [-0.39, 0.29) is 12.8 Å². The van der Waals surface area contributed by atoms with E-state index >= 15 is 0 Å². The molecule has 7 heteroatoms. The topological polar surface area (TPSA) is 98.1 Å². The van der Waals surface area contributed by atoms with Gasteiger partial charge in [-0.1, -0.05) is 6.92 Å². The maximum atomic E-state index is 11.7. The fraction of sp³-hybridized carbons (Fsp3) is 0.600. The molecule has 0 spiro atoms. The summed E-state index contributed by atoms with van der Waals surface area (Å²) in [6, 6.07) is 0. The van der Waals surface area contributed by atoms with E-state index in [2.05, 4.69) is 14.7 Å². The van der Waals surface area contributed by atoms with Gasteiger partial charge in [0.05, 0.1) is 19.9 Å². The highest BCUT2D eigenvalue weighted by molar-refractivity contribution is 5.79. The van der Waals surface area contributed by atoms with Gasteiger partial charge in [-0.05, 0) is 6.42 Å². The number of nitrogens with one attached hydrogen (secondary N) is 1. The van der Waals surface area contributed by atoms with Gasteiger partial charge in [0.15, 0.2) is 0 Å². The Kier molecular flexibility index (Phi) is 4.19. The standard InChI is InChI=1S/C10H15N3O4/c1-3-4-10(13(15)16,9(14)17-2)5-8-6-11-7-12-8/h6-7H,3-5H2,1-2H3,(H,11,12). The second-order valence-corrected chi connectivity index (χ2v) is 3.78. The van der Waals surface area contributed by atoms with Gasteiger partial charge in [0.1, 0.15) is 0 Å². The van der Waals surface area contributed by atoms with Gasteiger partial charge in [-0.25, -0.2) is 9.78 Å². The molecule has 0 aliphatic carbocycles. The van der Waals surface area contributed by atoms with Crippen molar-refractivity contribution in [2.75, 3.05) is 7.11 Å². The van der Waals surface area contributed by atoms with Gasteiger partial charge in [0.2, 0.25) is 0 Å². The predicted molar refractivity (Wildman–Crippen MR) is 58.9 cm³/mol. The van der Waals surface area contributed by atoms with E-state index in [0.29, 0.717) is 12.1 Å². The molecule has 0 aliphatic rings. The van der Waals surface area contributed by atoms with Crippen LogP contribution in [-0.2, 0) is 16.0 Å². The van der Waals surface area contributed by atoms with E-state index in [1.165, 1.54) is 12.5 Å². The number of nitrogens with zero attached hydrogens (tertiary/aromatic N) is 2. The highest BCUT2D eigenvalue weighted by atomic mass is 16.6. The molecule has 0 radical (unpaired) electrons. The number of hydrogen-bond donors (Lipinski definition) is 1. The Morgan fingerprint density at radius 3 is 2.82 bits per heavy atom. The number of nitro groups is 1. The number of aromatic nitrogens is 2. The number of rotatable bonds is 6. The summed E-state index contributed by atoms with van der Waals surface area (Å²) in [5, 5.41) is 11.2. The van der Waals surface area contributed by atoms with E-state index < -0.39 is 16.4 Å². The molecule has 0 amide bonds. The van der Waals surface area contributed by atoms with Gasteiger partial charge >= 0.3 is 11.5 Å². The summed E-state index contributed by atoms with van der Waals surface area (Å²) >= 11 is 0. The van der Waals surface area contributed by atoms with Gasteiger partial charge < -0.3 is 9.72 Å². The number of carbonyl (C=O) groups excluding carboxylic acids is 1. The first-order valence-corrected chi connectivity index (χ1v) is 5.27. The van der Waals surface area contributed by atoms with E-state index in [0.717, 1.165) is 7.11 Å². The van der Waals surface area contributed by atoms with Crippen molar-refractivity contribution in [1.29, 1.82) is 0 Å². The third-order valence-electron chi connectivity index (χ3n) is 2.62. The average molecular weight is 241 g/mol. The molecular formula is C10H15N3O4.